The highest BCUT2D eigenvalue weighted by molar-refractivity contribution is 7.90. The molecule has 0 amide bonds. The fraction of sp³-hybridized carbons (Fsp3) is 0.438. The molecule has 6 heteroatoms. The van der Waals surface area contributed by atoms with E-state index in [4.69, 9.17) is 4.74 Å². The van der Waals surface area contributed by atoms with Gasteiger partial charge in [-0.05, 0) is 49.9 Å². The molecule has 0 saturated carbocycles. The van der Waals surface area contributed by atoms with Crippen LogP contribution in [0.4, 0.5) is 0 Å². The van der Waals surface area contributed by atoms with Crippen LogP contribution in [0.1, 0.15) is 43.5 Å². The summed E-state index contributed by atoms with van der Waals surface area (Å²) in [6, 6.07) is 3.52. The monoisotopic (exact) mass is 322 g/mol. The van der Waals surface area contributed by atoms with E-state index in [0.29, 0.717) is 18.1 Å². The maximum absolute atomic E-state index is 12.9. The van der Waals surface area contributed by atoms with Gasteiger partial charge in [0, 0.05) is 6.20 Å². The first-order valence-electron chi connectivity index (χ1n) is 7.30. The molecule has 120 valence electrons. The standard InChI is InChI=1S/C16H22N2O3S/c1-6-21-15-7-12(4)14(11(2)3)8-16(15)22(19,20)18-9-13(5)17-10-18/h7-11H,6H2,1-5H3. The summed E-state index contributed by atoms with van der Waals surface area (Å²) in [5.41, 5.74) is 2.68. The van der Waals surface area contributed by atoms with E-state index in [2.05, 4.69) is 4.98 Å². The lowest BCUT2D eigenvalue weighted by Crippen LogP contribution is -2.14. The Morgan fingerprint density at radius 3 is 2.45 bits per heavy atom. The van der Waals surface area contributed by atoms with E-state index in [0.717, 1.165) is 15.1 Å². The molecule has 0 aliphatic heterocycles. The van der Waals surface area contributed by atoms with Crippen LogP contribution < -0.4 is 4.74 Å². The lowest BCUT2D eigenvalue weighted by Gasteiger charge is -2.17. The van der Waals surface area contributed by atoms with Crippen molar-refractivity contribution in [2.45, 2.75) is 45.4 Å². The Balaban J connectivity index is 2.68. The van der Waals surface area contributed by atoms with E-state index in [9.17, 15) is 8.42 Å². The molecule has 5 nitrogen and oxygen atoms in total. The van der Waals surface area contributed by atoms with Crippen molar-refractivity contribution < 1.29 is 13.2 Å². The van der Waals surface area contributed by atoms with Gasteiger partial charge in [-0.25, -0.2) is 17.4 Å². The number of ether oxygens (including phenoxy) is 1. The summed E-state index contributed by atoms with van der Waals surface area (Å²) in [5.74, 6) is 0.616. The molecule has 22 heavy (non-hydrogen) atoms. The second-order valence-corrected chi connectivity index (χ2v) is 7.40. The molecule has 1 aromatic carbocycles. The lowest BCUT2D eigenvalue weighted by molar-refractivity contribution is 0.330. The first-order chi connectivity index (χ1) is 10.3. The molecular weight excluding hydrogens is 300 g/mol. The van der Waals surface area contributed by atoms with Crippen LogP contribution in [0.2, 0.25) is 0 Å². The van der Waals surface area contributed by atoms with Gasteiger partial charge in [-0.3, -0.25) is 0 Å². The van der Waals surface area contributed by atoms with Gasteiger partial charge in [0.05, 0.1) is 12.3 Å². The third-order valence-corrected chi connectivity index (χ3v) is 5.13. The van der Waals surface area contributed by atoms with Gasteiger partial charge in [0.15, 0.2) is 0 Å². The lowest BCUT2D eigenvalue weighted by atomic mass is 9.98. The Hall–Kier alpha value is -1.82. The highest BCUT2D eigenvalue weighted by Crippen LogP contribution is 2.32. The van der Waals surface area contributed by atoms with Crippen LogP contribution in [0, 0.1) is 13.8 Å². The van der Waals surface area contributed by atoms with Crippen molar-refractivity contribution in [1.29, 1.82) is 0 Å². The summed E-state index contributed by atoms with van der Waals surface area (Å²) in [4.78, 5) is 4.18. The molecule has 0 atom stereocenters. The number of aryl methyl sites for hydroxylation is 2. The first-order valence-corrected chi connectivity index (χ1v) is 8.74. The number of benzene rings is 1. The molecule has 0 fully saturated rings. The number of aromatic nitrogens is 2. The van der Waals surface area contributed by atoms with Gasteiger partial charge < -0.3 is 4.74 Å². The van der Waals surface area contributed by atoms with Crippen molar-refractivity contribution in [3.63, 3.8) is 0 Å². The van der Waals surface area contributed by atoms with Crippen LogP contribution in [0.25, 0.3) is 0 Å². The molecule has 0 saturated heterocycles. The number of hydrogen-bond donors (Lipinski definition) is 0. The summed E-state index contributed by atoms with van der Waals surface area (Å²) >= 11 is 0. The topological polar surface area (TPSA) is 61.2 Å². The van der Waals surface area contributed by atoms with Crippen LogP contribution >= 0.6 is 0 Å². The summed E-state index contributed by atoms with van der Waals surface area (Å²) in [6.45, 7) is 10.1. The smallest absolute Gasteiger partial charge is 0.272 e. The fourth-order valence-corrected chi connectivity index (χ4v) is 3.75. The molecule has 0 N–H and O–H groups in total. The second-order valence-electron chi connectivity index (χ2n) is 5.59. The zero-order valence-electron chi connectivity index (χ0n) is 13.6. The van der Waals surface area contributed by atoms with Crippen LogP contribution in [0.15, 0.2) is 29.6 Å². The number of nitrogens with zero attached hydrogens (tertiary/aromatic N) is 2. The molecule has 1 aromatic heterocycles. The molecule has 0 aliphatic rings. The largest absolute Gasteiger partial charge is 0.492 e. The van der Waals surface area contributed by atoms with E-state index in [-0.39, 0.29) is 10.8 Å². The normalized spacial score (nSPS) is 11.9. The summed E-state index contributed by atoms with van der Waals surface area (Å²) in [6.07, 6.45) is 2.81. The summed E-state index contributed by atoms with van der Waals surface area (Å²) in [7, 11) is -3.71. The van der Waals surface area contributed by atoms with Crippen molar-refractivity contribution in [2.75, 3.05) is 6.61 Å². The molecule has 0 spiro atoms. The zero-order chi connectivity index (χ0) is 16.5. The zero-order valence-corrected chi connectivity index (χ0v) is 14.4. The van der Waals surface area contributed by atoms with Crippen LogP contribution in [-0.4, -0.2) is 24.0 Å². The Kier molecular flexibility index (Phi) is 4.60. The van der Waals surface area contributed by atoms with Gasteiger partial charge >= 0.3 is 0 Å². The number of hydrogen-bond acceptors (Lipinski definition) is 4. The van der Waals surface area contributed by atoms with Crippen molar-refractivity contribution in [1.82, 2.24) is 8.96 Å². The minimum Gasteiger partial charge on any atom is -0.492 e. The minimum absolute atomic E-state index is 0.182. The van der Waals surface area contributed by atoms with Crippen LogP contribution in [-0.2, 0) is 10.0 Å². The second kappa shape index (κ2) is 6.12. The highest BCUT2D eigenvalue weighted by Gasteiger charge is 2.24. The third kappa shape index (κ3) is 3.02. The predicted molar refractivity (Wildman–Crippen MR) is 86.0 cm³/mol. The van der Waals surface area contributed by atoms with Crippen molar-refractivity contribution in [2.24, 2.45) is 0 Å². The van der Waals surface area contributed by atoms with Crippen molar-refractivity contribution >= 4 is 10.0 Å². The Labute approximate surface area is 132 Å². The van der Waals surface area contributed by atoms with Crippen LogP contribution in [0.5, 0.6) is 5.75 Å². The van der Waals surface area contributed by atoms with Crippen molar-refractivity contribution in [3.05, 3.63) is 41.5 Å². The minimum atomic E-state index is -3.71. The number of rotatable bonds is 5. The molecular formula is C16H22N2O3S. The quantitative estimate of drug-likeness (QED) is 0.847. The highest BCUT2D eigenvalue weighted by atomic mass is 32.2. The Morgan fingerprint density at radius 2 is 1.95 bits per heavy atom. The van der Waals surface area contributed by atoms with Crippen LogP contribution in [0.3, 0.4) is 0 Å². The number of imidazole rings is 1. The van der Waals surface area contributed by atoms with Gasteiger partial charge in [0.2, 0.25) is 0 Å². The maximum atomic E-state index is 12.9. The molecule has 0 bridgehead atoms. The average molecular weight is 322 g/mol. The van der Waals surface area contributed by atoms with E-state index < -0.39 is 10.0 Å². The average Bonchev–Trinajstić information content (AvgIpc) is 2.86. The van der Waals surface area contributed by atoms with Gasteiger partial charge in [-0.2, -0.15) is 0 Å². The van der Waals surface area contributed by atoms with Crippen molar-refractivity contribution in [3.8, 4) is 5.75 Å². The van der Waals surface area contributed by atoms with E-state index >= 15 is 0 Å². The van der Waals surface area contributed by atoms with Gasteiger partial charge in [-0.1, -0.05) is 13.8 Å². The molecule has 0 unspecified atom stereocenters. The third-order valence-electron chi connectivity index (χ3n) is 3.50. The Morgan fingerprint density at radius 1 is 1.27 bits per heavy atom. The molecule has 0 aliphatic carbocycles. The molecule has 1 heterocycles. The van der Waals surface area contributed by atoms with E-state index in [1.54, 1.807) is 19.1 Å². The van der Waals surface area contributed by atoms with Gasteiger partial charge in [0.25, 0.3) is 10.0 Å². The van der Waals surface area contributed by atoms with E-state index in [1.807, 2.05) is 27.7 Å². The molecule has 0 radical (unpaired) electrons. The van der Waals surface area contributed by atoms with Gasteiger partial charge in [-0.15, -0.1) is 0 Å². The fourth-order valence-electron chi connectivity index (χ4n) is 2.41. The SMILES string of the molecule is CCOc1cc(C)c(C(C)C)cc1S(=O)(=O)n1cnc(C)c1. The summed E-state index contributed by atoms with van der Waals surface area (Å²) < 4.78 is 32.4. The van der Waals surface area contributed by atoms with E-state index in [1.165, 1.54) is 12.5 Å². The van der Waals surface area contributed by atoms with Gasteiger partial charge in [0.1, 0.15) is 17.0 Å². The maximum Gasteiger partial charge on any atom is 0.272 e. The predicted octanol–water partition coefficient (Wildman–Crippen LogP) is 3.26. The molecule has 2 rings (SSSR count). The summed E-state index contributed by atoms with van der Waals surface area (Å²) in [5, 5.41) is 0. The molecule has 2 aromatic rings. The Bertz CT molecular complexity index is 777. The first kappa shape index (κ1) is 16.5.